The number of amides is 1. The van der Waals surface area contributed by atoms with Crippen LogP contribution in [-0.2, 0) is 19.3 Å². The van der Waals surface area contributed by atoms with Crippen molar-refractivity contribution in [2.75, 3.05) is 6.54 Å². The SMILES string of the molecule is O=C(c1csc2cccc(Cl)c12)N1CCn2c(nnc2C(F)(F)F)C1. The summed E-state index contributed by atoms with van der Waals surface area (Å²) in [4.78, 5) is 14.3. The van der Waals surface area contributed by atoms with Crippen molar-refractivity contribution in [2.24, 2.45) is 0 Å². The summed E-state index contributed by atoms with van der Waals surface area (Å²) in [6.45, 7) is 0.122. The van der Waals surface area contributed by atoms with Crippen molar-refractivity contribution in [1.29, 1.82) is 0 Å². The van der Waals surface area contributed by atoms with Crippen LogP contribution in [-0.4, -0.2) is 32.1 Å². The van der Waals surface area contributed by atoms with E-state index in [1.807, 2.05) is 6.07 Å². The van der Waals surface area contributed by atoms with Crippen molar-refractivity contribution in [3.8, 4) is 0 Å². The first-order valence-corrected chi connectivity index (χ1v) is 8.56. The summed E-state index contributed by atoms with van der Waals surface area (Å²) in [6.07, 6.45) is -4.56. The van der Waals surface area contributed by atoms with E-state index in [1.165, 1.54) is 16.2 Å². The Morgan fingerprint density at radius 3 is 2.80 bits per heavy atom. The van der Waals surface area contributed by atoms with Gasteiger partial charge in [0, 0.05) is 28.6 Å². The molecule has 1 amide bonds. The fourth-order valence-corrected chi connectivity index (χ4v) is 4.20. The van der Waals surface area contributed by atoms with Crippen molar-refractivity contribution >= 4 is 38.9 Å². The van der Waals surface area contributed by atoms with E-state index in [4.69, 9.17) is 11.6 Å². The number of hydrogen-bond donors (Lipinski definition) is 0. The fraction of sp³-hybridized carbons (Fsp3) is 0.267. The molecule has 1 aliphatic heterocycles. The predicted molar refractivity (Wildman–Crippen MR) is 86.6 cm³/mol. The number of hydrogen-bond acceptors (Lipinski definition) is 4. The summed E-state index contributed by atoms with van der Waals surface area (Å²) in [6, 6.07) is 5.37. The van der Waals surface area contributed by atoms with Crippen LogP contribution in [0.1, 0.15) is 22.0 Å². The van der Waals surface area contributed by atoms with E-state index in [-0.39, 0.29) is 31.4 Å². The summed E-state index contributed by atoms with van der Waals surface area (Å²) < 4.78 is 40.6. The minimum Gasteiger partial charge on any atom is -0.329 e. The molecule has 3 aromatic rings. The topological polar surface area (TPSA) is 51.0 Å². The lowest BCUT2D eigenvalue weighted by molar-refractivity contribution is -0.147. The maximum absolute atomic E-state index is 12.9. The molecular weight excluding hydrogens is 377 g/mol. The van der Waals surface area contributed by atoms with Gasteiger partial charge in [-0.25, -0.2) is 0 Å². The summed E-state index contributed by atoms with van der Waals surface area (Å²) in [5, 5.41) is 9.68. The van der Waals surface area contributed by atoms with E-state index in [0.717, 1.165) is 9.27 Å². The highest BCUT2D eigenvalue weighted by atomic mass is 35.5. The second-order valence-corrected chi connectivity index (χ2v) is 6.90. The Morgan fingerprint density at radius 2 is 2.04 bits per heavy atom. The lowest BCUT2D eigenvalue weighted by Gasteiger charge is -2.28. The maximum atomic E-state index is 12.9. The van der Waals surface area contributed by atoms with Gasteiger partial charge in [-0.15, -0.1) is 21.5 Å². The molecule has 0 radical (unpaired) electrons. The molecule has 1 aliphatic rings. The average Bonchev–Trinajstić information content (AvgIpc) is 3.18. The molecule has 0 N–H and O–H groups in total. The second kappa shape index (κ2) is 5.70. The number of aromatic nitrogens is 3. The van der Waals surface area contributed by atoms with Crippen LogP contribution in [0.15, 0.2) is 23.6 Å². The molecule has 0 aliphatic carbocycles. The van der Waals surface area contributed by atoms with Gasteiger partial charge < -0.3 is 9.47 Å². The molecule has 130 valence electrons. The molecule has 0 spiro atoms. The minimum atomic E-state index is -4.56. The number of nitrogens with zero attached hydrogens (tertiary/aromatic N) is 4. The summed E-state index contributed by atoms with van der Waals surface area (Å²) in [5.74, 6) is -1.18. The highest BCUT2D eigenvalue weighted by molar-refractivity contribution is 7.17. The molecule has 0 saturated carbocycles. The molecule has 1 aromatic carbocycles. The molecule has 3 heterocycles. The van der Waals surface area contributed by atoms with Gasteiger partial charge in [0.2, 0.25) is 5.82 Å². The van der Waals surface area contributed by atoms with Crippen LogP contribution in [0.25, 0.3) is 10.1 Å². The van der Waals surface area contributed by atoms with Crippen molar-refractivity contribution in [3.05, 3.63) is 45.8 Å². The Balaban J connectivity index is 1.66. The number of benzene rings is 1. The summed E-state index contributed by atoms with van der Waals surface area (Å²) in [5.41, 5.74) is 0.453. The van der Waals surface area contributed by atoms with Crippen molar-refractivity contribution in [2.45, 2.75) is 19.3 Å². The first kappa shape index (κ1) is 16.3. The van der Waals surface area contributed by atoms with Crippen LogP contribution < -0.4 is 0 Å². The normalized spacial score (nSPS) is 14.8. The Bertz CT molecular complexity index is 981. The van der Waals surface area contributed by atoms with Gasteiger partial charge in [0.15, 0.2) is 5.82 Å². The predicted octanol–water partition coefficient (Wildman–Crippen LogP) is 3.82. The molecule has 25 heavy (non-hydrogen) atoms. The fourth-order valence-electron chi connectivity index (χ4n) is 2.91. The Labute approximate surface area is 148 Å². The van der Waals surface area contributed by atoms with Crippen molar-refractivity contribution in [3.63, 3.8) is 0 Å². The summed E-state index contributed by atoms with van der Waals surface area (Å²) in [7, 11) is 0. The second-order valence-electron chi connectivity index (χ2n) is 5.58. The van der Waals surface area contributed by atoms with E-state index in [1.54, 1.807) is 17.5 Å². The third-order valence-corrected chi connectivity index (χ3v) is 5.34. The largest absolute Gasteiger partial charge is 0.451 e. The number of thiophene rings is 1. The van der Waals surface area contributed by atoms with Crippen LogP contribution in [0.3, 0.4) is 0 Å². The van der Waals surface area contributed by atoms with Gasteiger partial charge in [-0.05, 0) is 12.1 Å². The molecule has 2 aromatic heterocycles. The number of rotatable bonds is 1. The van der Waals surface area contributed by atoms with E-state index in [9.17, 15) is 18.0 Å². The number of carbonyl (C=O) groups is 1. The molecule has 0 atom stereocenters. The number of fused-ring (bicyclic) bond motifs is 2. The quantitative estimate of drug-likeness (QED) is 0.639. The van der Waals surface area contributed by atoms with E-state index >= 15 is 0 Å². The van der Waals surface area contributed by atoms with Gasteiger partial charge >= 0.3 is 6.18 Å². The van der Waals surface area contributed by atoms with Gasteiger partial charge in [-0.2, -0.15) is 13.2 Å². The van der Waals surface area contributed by atoms with E-state index in [2.05, 4.69) is 10.2 Å². The van der Waals surface area contributed by atoms with Gasteiger partial charge in [0.1, 0.15) is 0 Å². The van der Waals surface area contributed by atoms with Crippen LogP contribution in [0.5, 0.6) is 0 Å². The number of alkyl halides is 3. The Morgan fingerprint density at radius 1 is 1.24 bits per heavy atom. The van der Waals surface area contributed by atoms with Gasteiger partial charge in [-0.3, -0.25) is 4.79 Å². The molecule has 5 nitrogen and oxygen atoms in total. The first-order valence-electron chi connectivity index (χ1n) is 7.30. The first-order chi connectivity index (χ1) is 11.9. The van der Waals surface area contributed by atoms with Gasteiger partial charge in [-0.1, -0.05) is 17.7 Å². The maximum Gasteiger partial charge on any atom is 0.451 e. The third kappa shape index (κ3) is 2.67. The standard InChI is InChI=1S/C15H10ClF3N4OS/c16-9-2-1-3-10-12(9)8(7-25-10)13(24)22-4-5-23-11(6-22)20-21-14(23)15(17,18)19/h1-3,7H,4-6H2. The minimum absolute atomic E-state index is 0.00127. The van der Waals surface area contributed by atoms with Gasteiger partial charge in [0.05, 0.1) is 17.1 Å². The molecular formula is C15H10ClF3N4OS. The smallest absolute Gasteiger partial charge is 0.329 e. The van der Waals surface area contributed by atoms with Crippen LogP contribution >= 0.6 is 22.9 Å². The Kier molecular flexibility index (Phi) is 3.73. The zero-order chi connectivity index (χ0) is 17.8. The van der Waals surface area contributed by atoms with Gasteiger partial charge in [0.25, 0.3) is 5.91 Å². The number of carbonyl (C=O) groups excluding carboxylic acids is 1. The van der Waals surface area contributed by atoms with Crippen molar-refractivity contribution in [1.82, 2.24) is 19.7 Å². The third-order valence-electron chi connectivity index (χ3n) is 4.07. The van der Waals surface area contributed by atoms with Crippen LogP contribution in [0.4, 0.5) is 13.2 Å². The van der Waals surface area contributed by atoms with E-state index in [0.29, 0.717) is 16.0 Å². The average molecular weight is 387 g/mol. The highest BCUT2D eigenvalue weighted by Crippen LogP contribution is 2.34. The van der Waals surface area contributed by atoms with Crippen LogP contribution in [0.2, 0.25) is 5.02 Å². The monoisotopic (exact) mass is 386 g/mol. The molecule has 0 bridgehead atoms. The van der Waals surface area contributed by atoms with Crippen LogP contribution in [0, 0.1) is 0 Å². The highest BCUT2D eigenvalue weighted by Gasteiger charge is 2.40. The molecule has 0 unspecified atom stereocenters. The lowest BCUT2D eigenvalue weighted by Crippen LogP contribution is -2.39. The van der Waals surface area contributed by atoms with E-state index < -0.39 is 12.0 Å². The molecule has 10 heteroatoms. The molecule has 4 rings (SSSR count). The van der Waals surface area contributed by atoms with Crippen molar-refractivity contribution < 1.29 is 18.0 Å². The Hall–Kier alpha value is -2.13. The summed E-state index contributed by atoms with van der Waals surface area (Å²) >= 11 is 7.61. The number of halogens is 4. The molecule has 0 saturated heterocycles. The molecule has 0 fully saturated rings. The zero-order valence-corrected chi connectivity index (χ0v) is 14.1. The lowest BCUT2D eigenvalue weighted by atomic mass is 10.1. The zero-order valence-electron chi connectivity index (χ0n) is 12.5.